The van der Waals surface area contributed by atoms with Crippen molar-refractivity contribution in [1.82, 2.24) is 0 Å². The van der Waals surface area contributed by atoms with Crippen molar-refractivity contribution in [3.05, 3.63) is 27.2 Å². The molecule has 0 atom stereocenters. The fraction of sp³-hybridized carbons (Fsp3) is 0.364. The number of amides is 1. The predicted octanol–water partition coefficient (Wildman–Crippen LogP) is 3.33. The standard InChI is InChI=1S/C11H14BrNO/c1-6-5-7(2)11(13-9(4)14)8(3)10(6)12/h5H,1-4H3,(H,13,14). The first-order valence-corrected chi connectivity index (χ1v) is 5.26. The van der Waals surface area contributed by atoms with Gasteiger partial charge in [0.25, 0.3) is 0 Å². The Balaban J connectivity index is 3.29. The Morgan fingerprint density at radius 3 is 2.36 bits per heavy atom. The number of aryl methyl sites for hydroxylation is 2. The van der Waals surface area contributed by atoms with Gasteiger partial charge in [0.15, 0.2) is 0 Å². The Hall–Kier alpha value is -0.830. The molecule has 0 saturated carbocycles. The number of halogens is 1. The lowest BCUT2D eigenvalue weighted by Gasteiger charge is -2.13. The van der Waals surface area contributed by atoms with E-state index in [-0.39, 0.29) is 5.91 Å². The summed E-state index contributed by atoms with van der Waals surface area (Å²) in [5, 5.41) is 2.84. The van der Waals surface area contributed by atoms with Crippen LogP contribution in [0.15, 0.2) is 10.5 Å². The van der Waals surface area contributed by atoms with Gasteiger partial charge in [0.2, 0.25) is 5.91 Å². The van der Waals surface area contributed by atoms with Gasteiger partial charge in [-0.25, -0.2) is 0 Å². The summed E-state index contributed by atoms with van der Waals surface area (Å²) in [7, 11) is 0. The van der Waals surface area contributed by atoms with Crippen LogP contribution < -0.4 is 5.32 Å². The highest BCUT2D eigenvalue weighted by molar-refractivity contribution is 9.10. The number of hydrogen-bond donors (Lipinski definition) is 1. The number of rotatable bonds is 1. The van der Waals surface area contributed by atoms with Crippen molar-refractivity contribution in [2.75, 3.05) is 5.32 Å². The van der Waals surface area contributed by atoms with Crippen LogP contribution in [0.3, 0.4) is 0 Å². The molecule has 1 rings (SSSR count). The molecule has 0 spiro atoms. The lowest BCUT2D eigenvalue weighted by molar-refractivity contribution is -0.114. The summed E-state index contributed by atoms with van der Waals surface area (Å²) < 4.78 is 1.06. The van der Waals surface area contributed by atoms with Crippen LogP contribution in [0, 0.1) is 20.8 Å². The lowest BCUT2D eigenvalue weighted by Crippen LogP contribution is -2.09. The van der Waals surface area contributed by atoms with Gasteiger partial charge in [0.1, 0.15) is 0 Å². The molecule has 0 aliphatic heterocycles. The first-order valence-electron chi connectivity index (χ1n) is 4.47. The van der Waals surface area contributed by atoms with E-state index in [0.717, 1.165) is 21.3 Å². The zero-order valence-electron chi connectivity index (χ0n) is 8.86. The molecular weight excluding hydrogens is 242 g/mol. The van der Waals surface area contributed by atoms with E-state index in [1.165, 1.54) is 12.5 Å². The van der Waals surface area contributed by atoms with Crippen molar-refractivity contribution in [2.24, 2.45) is 0 Å². The molecule has 14 heavy (non-hydrogen) atoms. The van der Waals surface area contributed by atoms with Crippen LogP contribution in [0.4, 0.5) is 5.69 Å². The second-order valence-corrected chi connectivity index (χ2v) is 4.30. The minimum Gasteiger partial charge on any atom is -0.326 e. The summed E-state index contributed by atoms with van der Waals surface area (Å²) in [6, 6.07) is 2.06. The Kier molecular flexibility index (Phi) is 3.32. The summed E-state index contributed by atoms with van der Waals surface area (Å²) in [6.07, 6.45) is 0. The van der Waals surface area contributed by atoms with Crippen LogP contribution in [0.1, 0.15) is 23.6 Å². The molecule has 3 heteroatoms. The molecule has 0 bridgehead atoms. The number of nitrogens with one attached hydrogen (secondary N) is 1. The molecule has 1 aromatic rings. The first-order chi connectivity index (χ1) is 6.43. The highest BCUT2D eigenvalue weighted by Crippen LogP contribution is 2.30. The second-order valence-electron chi connectivity index (χ2n) is 3.51. The monoisotopic (exact) mass is 255 g/mol. The van der Waals surface area contributed by atoms with E-state index >= 15 is 0 Å². The molecule has 1 aromatic carbocycles. The molecule has 0 aromatic heterocycles. The fourth-order valence-electron chi connectivity index (χ4n) is 1.53. The molecule has 0 aliphatic rings. The number of carbonyl (C=O) groups is 1. The Morgan fingerprint density at radius 1 is 1.29 bits per heavy atom. The van der Waals surface area contributed by atoms with E-state index in [9.17, 15) is 4.79 Å². The maximum absolute atomic E-state index is 11.0. The van der Waals surface area contributed by atoms with Gasteiger partial charge in [-0.15, -0.1) is 0 Å². The van der Waals surface area contributed by atoms with E-state index < -0.39 is 0 Å². The van der Waals surface area contributed by atoms with Crippen LogP contribution in [0.5, 0.6) is 0 Å². The zero-order chi connectivity index (χ0) is 10.9. The van der Waals surface area contributed by atoms with Gasteiger partial charge in [-0.1, -0.05) is 22.0 Å². The van der Waals surface area contributed by atoms with Gasteiger partial charge in [-0.3, -0.25) is 4.79 Å². The minimum atomic E-state index is -0.0352. The lowest BCUT2D eigenvalue weighted by atomic mass is 10.1. The second kappa shape index (κ2) is 4.13. The molecule has 0 aliphatic carbocycles. The summed E-state index contributed by atoms with van der Waals surface area (Å²) in [5.74, 6) is -0.0352. The largest absolute Gasteiger partial charge is 0.326 e. The number of benzene rings is 1. The highest BCUT2D eigenvalue weighted by Gasteiger charge is 2.09. The van der Waals surface area contributed by atoms with Gasteiger partial charge < -0.3 is 5.32 Å². The number of hydrogen-bond acceptors (Lipinski definition) is 1. The van der Waals surface area contributed by atoms with Gasteiger partial charge in [-0.05, 0) is 37.5 Å². The topological polar surface area (TPSA) is 29.1 Å². The molecule has 1 N–H and O–H groups in total. The molecule has 0 radical (unpaired) electrons. The Bertz CT molecular complexity index is 385. The third-order valence-corrected chi connectivity index (χ3v) is 3.40. The normalized spacial score (nSPS) is 10.1. The van der Waals surface area contributed by atoms with Crippen molar-refractivity contribution in [1.29, 1.82) is 0 Å². The summed E-state index contributed by atoms with van der Waals surface area (Å²) >= 11 is 3.50. The average molecular weight is 256 g/mol. The molecule has 1 amide bonds. The van der Waals surface area contributed by atoms with E-state index in [2.05, 4.69) is 27.3 Å². The molecule has 76 valence electrons. The average Bonchev–Trinajstić information content (AvgIpc) is 2.09. The smallest absolute Gasteiger partial charge is 0.221 e. The molecular formula is C11H14BrNO. The third-order valence-electron chi connectivity index (χ3n) is 2.18. The summed E-state index contributed by atoms with van der Waals surface area (Å²) in [6.45, 7) is 7.56. The summed E-state index contributed by atoms with van der Waals surface area (Å²) in [5.41, 5.74) is 4.28. The van der Waals surface area contributed by atoms with E-state index in [4.69, 9.17) is 0 Å². The Labute approximate surface area is 92.8 Å². The quantitative estimate of drug-likeness (QED) is 0.820. The van der Waals surface area contributed by atoms with Crippen LogP contribution in [-0.4, -0.2) is 5.91 Å². The zero-order valence-corrected chi connectivity index (χ0v) is 10.4. The maximum Gasteiger partial charge on any atom is 0.221 e. The number of anilines is 1. The molecule has 2 nitrogen and oxygen atoms in total. The predicted molar refractivity (Wildman–Crippen MR) is 62.7 cm³/mol. The van der Waals surface area contributed by atoms with Gasteiger partial charge in [0.05, 0.1) is 0 Å². The van der Waals surface area contributed by atoms with Gasteiger partial charge >= 0.3 is 0 Å². The van der Waals surface area contributed by atoms with E-state index in [1.807, 2.05) is 20.8 Å². The minimum absolute atomic E-state index is 0.0352. The summed E-state index contributed by atoms with van der Waals surface area (Å²) in [4.78, 5) is 11.0. The van der Waals surface area contributed by atoms with Crippen molar-refractivity contribution < 1.29 is 4.79 Å². The van der Waals surface area contributed by atoms with Crippen molar-refractivity contribution in [3.63, 3.8) is 0 Å². The number of carbonyl (C=O) groups excluding carboxylic acids is 1. The van der Waals surface area contributed by atoms with Crippen LogP contribution in [0.25, 0.3) is 0 Å². The van der Waals surface area contributed by atoms with Crippen molar-refractivity contribution >= 4 is 27.5 Å². The highest BCUT2D eigenvalue weighted by atomic mass is 79.9. The maximum atomic E-state index is 11.0. The Morgan fingerprint density at radius 2 is 1.86 bits per heavy atom. The molecule has 0 heterocycles. The third kappa shape index (κ3) is 2.15. The van der Waals surface area contributed by atoms with Crippen LogP contribution in [-0.2, 0) is 4.79 Å². The van der Waals surface area contributed by atoms with Crippen molar-refractivity contribution in [2.45, 2.75) is 27.7 Å². The molecule has 0 unspecified atom stereocenters. The van der Waals surface area contributed by atoms with Crippen molar-refractivity contribution in [3.8, 4) is 0 Å². The van der Waals surface area contributed by atoms with Gasteiger partial charge in [-0.2, -0.15) is 0 Å². The molecule has 0 fully saturated rings. The molecule has 0 saturated heterocycles. The van der Waals surface area contributed by atoms with E-state index in [0.29, 0.717) is 0 Å². The van der Waals surface area contributed by atoms with Crippen LogP contribution >= 0.6 is 15.9 Å². The SMILES string of the molecule is CC(=O)Nc1c(C)cc(C)c(Br)c1C. The van der Waals surface area contributed by atoms with Crippen LogP contribution in [0.2, 0.25) is 0 Å². The van der Waals surface area contributed by atoms with Gasteiger partial charge in [0, 0.05) is 17.1 Å². The fourth-order valence-corrected chi connectivity index (χ4v) is 1.84. The van der Waals surface area contributed by atoms with E-state index in [1.54, 1.807) is 0 Å². The first kappa shape index (κ1) is 11.2.